The number of rotatable bonds is 8. The van der Waals surface area contributed by atoms with Crippen LogP contribution in [0.5, 0.6) is 0 Å². The largest absolute Gasteiger partial charge is 0.466 e. The Bertz CT molecular complexity index is 740. The van der Waals surface area contributed by atoms with Gasteiger partial charge in [-0.25, -0.2) is 8.42 Å². The van der Waals surface area contributed by atoms with Crippen LogP contribution in [0.1, 0.15) is 55.8 Å². The molecular weight excluding hydrogens is 368 g/mol. The van der Waals surface area contributed by atoms with Crippen molar-refractivity contribution in [3.8, 4) is 0 Å². The third-order valence-corrected chi connectivity index (χ3v) is 6.73. The van der Waals surface area contributed by atoms with E-state index < -0.39 is 10.0 Å². The van der Waals surface area contributed by atoms with Crippen molar-refractivity contribution in [3.63, 3.8) is 0 Å². The lowest BCUT2D eigenvalue weighted by Crippen LogP contribution is -2.38. The van der Waals surface area contributed by atoms with Gasteiger partial charge in [-0.05, 0) is 44.0 Å². The normalized spacial score (nSPS) is 15.5. The van der Waals surface area contributed by atoms with E-state index in [1.807, 2.05) is 0 Å². The van der Waals surface area contributed by atoms with Crippen molar-refractivity contribution in [3.05, 3.63) is 29.8 Å². The van der Waals surface area contributed by atoms with Crippen molar-refractivity contribution in [1.82, 2.24) is 9.62 Å². The van der Waals surface area contributed by atoms with Gasteiger partial charge < -0.3 is 10.1 Å². The van der Waals surface area contributed by atoms with Crippen LogP contribution in [-0.4, -0.2) is 50.8 Å². The standard InChI is InChI=1S/C19H28N2O5S/c1-3-26-18(22)13-14-20-19(23)15-9-11-17(12-10-15)27(24,25)21(2)16-7-5-4-6-8-16/h9-12,16H,3-8,13-14H2,1-2H3,(H,20,23). The Kier molecular flexibility index (Phi) is 7.79. The number of esters is 1. The summed E-state index contributed by atoms with van der Waals surface area (Å²) in [5.74, 6) is -0.728. The Morgan fingerprint density at radius 2 is 1.78 bits per heavy atom. The number of hydrogen-bond donors (Lipinski definition) is 1. The number of ether oxygens (including phenoxy) is 1. The summed E-state index contributed by atoms with van der Waals surface area (Å²) in [5.41, 5.74) is 0.345. The smallest absolute Gasteiger partial charge is 0.307 e. The maximum Gasteiger partial charge on any atom is 0.307 e. The molecule has 0 atom stereocenters. The molecular formula is C19H28N2O5S. The van der Waals surface area contributed by atoms with E-state index in [0.29, 0.717) is 12.2 Å². The lowest BCUT2D eigenvalue weighted by atomic mass is 9.96. The molecule has 1 aliphatic rings. The van der Waals surface area contributed by atoms with Crippen LogP contribution in [0, 0.1) is 0 Å². The molecule has 1 saturated carbocycles. The predicted molar refractivity (Wildman–Crippen MR) is 102 cm³/mol. The van der Waals surface area contributed by atoms with Crippen LogP contribution >= 0.6 is 0 Å². The van der Waals surface area contributed by atoms with Gasteiger partial charge in [0.25, 0.3) is 5.91 Å². The van der Waals surface area contributed by atoms with Crippen LogP contribution in [0.15, 0.2) is 29.2 Å². The summed E-state index contributed by atoms with van der Waals surface area (Å²) < 4.78 is 31.8. The van der Waals surface area contributed by atoms with E-state index in [2.05, 4.69) is 5.32 Å². The van der Waals surface area contributed by atoms with E-state index in [0.717, 1.165) is 32.1 Å². The van der Waals surface area contributed by atoms with Crippen molar-refractivity contribution < 1.29 is 22.7 Å². The van der Waals surface area contributed by atoms with Crippen molar-refractivity contribution in [1.29, 1.82) is 0 Å². The highest BCUT2D eigenvalue weighted by atomic mass is 32.2. The van der Waals surface area contributed by atoms with Gasteiger partial charge in [0.15, 0.2) is 0 Å². The van der Waals surface area contributed by atoms with Gasteiger partial charge in [0, 0.05) is 25.2 Å². The molecule has 0 saturated heterocycles. The van der Waals surface area contributed by atoms with Crippen molar-refractivity contribution in [2.24, 2.45) is 0 Å². The highest BCUT2D eigenvalue weighted by Crippen LogP contribution is 2.26. The quantitative estimate of drug-likeness (QED) is 0.681. The lowest BCUT2D eigenvalue weighted by molar-refractivity contribution is -0.142. The summed E-state index contributed by atoms with van der Waals surface area (Å²) in [5, 5.41) is 2.62. The van der Waals surface area contributed by atoms with Gasteiger partial charge in [0.05, 0.1) is 17.9 Å². The number of amides is 1. The molecule has 0 aliphatic heterocycles. The van der Waals surface area contributed by atoms with E-state index in [-0.39, 0.29) is 35.8 Å². The second kappa shape index (κ2) is 9.85. The first-order chi connectivity index (χ1) is 12.9. The Labute approximate surface area is 161 Å². The fourth-order valence-corrected chi connectivity index (χ4v) is 4.61. The Morgan fingerprint density at radius 3 is 2.37 bits per heavy atom. The van der Waals surface area contributed by atoms with Crippen molar-refractivity contribution in [2.75, 3.05) is 20.2 Å². The van der Waals surface area contributed by atoms with Gasteiger partial charge in [0.2, 0.25) is 10.0 Å². The number of nitrogens with one attached hydrogen (secondary N) is 1. The number of carbonyl (C=O) groups is 2. The third-order valence-electron chi connectivity index (χ3n) is 4.80. The zero-order valence-electron chi connectivity index (χ0n) is 15.9. The Morgan fingerprint density at radius 1 is 1.15 bits per heavy atom. The molecule has 0 unspecified atom stereocenters. The van der Waals surface area contributed by atoms with Crippen molar-refractivity contribution in [2.45, 2.75) is 56.4 Å². The number of hydrogen-bond acceptors (Lipinski definition) is 5. The molecule has 0 radical (unpaired) electrons. The van der Waals surface area contributed by atoms with E-state index in [1.165, 1.54) is 28.6 Å². The van der Waals surface area contributed by atoms with E-state index in [1.54, 1.807) is 14.0 Å². The van der Waals surface area contributed by atoms with Crippen LogP contribution in [-0.2, 0) is 19.6 Å². The fraction of sp³-hybridized carbons (Fsp3) is 0.579. The van der Waals surface area contributed by atoms with E-state index >= 15 is 0 Å². The van der Waals surface area contributed by atoms with Crippen LogP contribution in [0.2, 0.25) is 0 Å². The zero-order valence-corrected chi connectivity index (χ0v) is 16.8. The SMILES string of the molecule is CCOC(=O)CCNC(=O)c1ccc(S(=O)(=O)N(C)C2CCCCC2)cc1. The van der Waals surface area contributed by atoms with E-state index in [4.69, 9.17) is 4.74 Å². The molecule has 27 heavy (non-hydrogen) atoms. The summed E-state index contributed by atoms with van der Waals surface area (Å²) in [4.78, 5) is 23.5. The maximum atomic E-state index is 12.8. The first-order valence-electron chi connectivity index (χ1n) is 9.38. The minimum Gasteiger partial charge on any atom is -0.466 e. The molecule has 1 amide bonds. The summed E-state index contributed by atoms with van der Waals surface area (Å²) >= 11 is 0. The average Bonchev–Trinajstić information content (AvgIpc) is 2.68. The Balaban J connectivity index is 1.96. The molecule has 0 spiro atoms. The molecule has 0 aromatic heterocycles. The number of sulfonamides is 1. The molecule has 7 nitrogen and oxygen atoms in total. The monoisotopic (exact) mass is 396 g/mol. The number of benzene rings is 1. The Hall–Kier alpha value is -1.93. The molecule has 1 aromatic rings. The molecule has 8 heteroatoms. The highest BCUT2D eigenvalue weighted by Gasteiger charge is 2.29. The molecule has 1 fully saturated rings. The third kappa shape index (κ3) is 5.77. The van der Waals surface area contributed by atoms with Gasteiger partial charge in [-0.15, -0.1) is 0 Å². The van der Waals surface area contributed by atoms with Crippen LogP contribution in [0.4, 0.5) is 0 Å². The lowest BCUT2D eigenvalue weighted by Gasteiger charge is -2.30. The summed E-state index contributed by atoms with van der Waals surface area (Å²) in [6.07, 6.45) is 5.13. The zero-order chi connectivity index (χ0) is 19.9. The summed E-state index contributed by atoms with van der Waals surface area (Å²) in [6, 6.07) is 5.92. The summed E-state index contributed by atoms with van der Waals surface area (Å²) in [7, 11) is -1.95. The molecule has 150 valence electrons. The van der Waals surface area contributed by atoms with Gasteiger partial charge in [0.1, 0.15) is 0 Å². The summed E-state index contributed by atoms with van der Waals surface area (Å²) in [6.45, 7) is 2.19. The predicted octanol–water partition coefficient (Wildman–Crippen LogP) is 2.32. The van der Waals surface area contributed by atoms with Gasteiger partial charge in [-0.2, -0.15) is 4.31 Å². The van der Waals surface area contributed by atoms with Gasteiger partial charge >= 0.3 is 5.97 Å². The number of carbonyl (C=O) groups excluding carboxylic acids is 2. The molecule has 1 aliphatic carbocycles. The van der Waals surface area contributed by atoms with Crippen molar-refractivity contribution >= 4 is 21.9 Å². The average molecular weight is 397 g/mol. The molecule has 0 bridgehead atoms. The first kappa shape index (κ1) is 21.4. The molecule has 1 aromatic carbocycles. The fourth-order valence-electron chi connectivity index (χ4n) is 3.20. The first-order valence-corrected chi connectivity index (χ1v) is 10.8. The number of nitrogens with zero attached hydrogens (tertiary/aromatic N) is 1. The minimum atomic E-state index is -3.58. The maximum absolute atomic E-state index is 12.8. The second-order valence-corrected chi connectivity index (χ2v) is 8.65. The van der Waals surface area contributed by atoms with Gasteiger partial charge in [-0.1, -0.05) is 19.3 Å². The molecule has 0 heterocycles. The highest BCUT2D eigenvalue weighted by molar-refractivity contribution is 7.89. The molecule has 1 N–H and O–H groups in total. The van der Waals surface area contributed by atoms with E-state index in [9.17, 15) is 18.0 Å². The van der Waals surface area contributed by atoms with Crippen LogP contribution in [0.3, 0.4) is 0 Å². The second-order valence-electron chi connectivity index (χ2n) is 6.65. The molecule has 2 rings (SSSR count). The topological polar surface area (TPSA) is 92.8 Å². The van der Waals surface area contributed by atoms with Gasteiger partial charge in [-0.3, -0.25) is 9.59 Å². The minimum absolute atomic E-state index is 0.0367. The van der Waals surface area contributed by atoms with Crippen LogP contribution < -0.4 is 5.32 Å². The van der Waals surface area contributed by atoms with Crippen LogP contribution in [0.25, 0.3) is 0 Å².